The molecule has 1 atom stereocenters. The highest BCUT2D eigenvalue weighted by Gasteiger charge is 2.20. The van der Waals surface area contributed by atoms with E-state index in [-0.39, 0.29) is 12.4 Å². The van der Waals surface area contributed by atoms with Gasteiger partial charge in [0.25, 0.3) is 0 Å². The fourth-order valence-electron chi connectivity index (χ4n) is 3.18. The monoisotopic (exact) mass is 399 g/mol. The van der Waals surface area contributed by atoms with Crippen molar-refractivity contribution >= 4 is 35.0 Å². The fourth-order valence-corrected chi connectivity index (χ4v) is 3.36. The van der Waals surface area contributed by atoms with Gasteiger partial charge in [-0.05, 0) is 29.8 Å². The molecule has 3 aromatic carbocycles. The highest BCUT2D eigenvalue weighted by molar-refractivity contribution is 6.30. The molecule has 138 valence electrons. The van der Waals surface area contributed by atoms with Crippen LogP contribution in [0.2, 0.25) is 5.02 Å². The smallest absolute Gasteiger partial charge is 0.142 e. The predicted octanol–water partition coefficient (Wildman–Crippen LogP) is 6.23. The Morgan fingerprint density at radius 3 is 2.48 bits per heavy atom. The van der Waals surface area contributed by atoms with Crippen LogP contribution in [0.5, 0.6) is 5.75 Å². The van der Waals surface area contributed by atoms with Gasteiger partial charge < -0.3 is 14.9 Å². The van der Waals surface area contributed by atoms with E-state index >= 15 is 0 Å². The lowest BCUT2D eigenvalue weighted by molar-refractivity contribution is 0.404. The van der Waals surface area contributed by atoms with Crippen molar-refractivity contribution in [2.24, 2.45) is 5.73 Å². The number of ether oxygens (including phenoxy) is 1. The molecule has 5 heteroatoms. The Balaban J connectivity index is 0.00000210. The molecule has 4 rings (SSSR count). The van der Waals surface area contributed by atoms with Crippen LogP contribution in [0.4, 0.5) is 0 Å². The molecule has 27 heavy (non-hydrogen) atoms. The van der Waals surface area contributed by atoms with Gasteiger partial charge in [-0.2, -0.15) is 0 Å². The zero-order valence-corrected chi connectivity index (χ0v) is 16.3. The van der Waals surface area contributed by atoms with Crippen LogP contribution in [-0.2, 0) is 0 Å². The van der Waals surface area contributed by atoms with E-state index < -0.39 is 6.04 Å². The second-order valence-corrected chi connectivity index (χ2v) is 6.54. The van der Waals surface area contributed by atoms with Crippen molar-refractivity contribution in [2.45, 2.75) is 6.04 Å². The average Bonchev–Trinajstić information content (AvgIpc) is 3.12. The molecule has 2 N–H and O–H groups in total. The van der Waals surface area contributed by atoms with Crippen molar-refractivity contribution < 1.29 is 9.15 Å². The second kappa shape index (κ2) is 8.05. The number of benzene rings is 3. The van der Waals surface area contributed by atoms with Crippen LogP contribution in [0, 0.1) is 0 Å². The molecule has 0 fully saturated rings. The van der Waals surface area contributed by atoms with Gasteiger partial charge in [-0.3, -0.25) is 0 Å². The number of methoxy groups -OCH3 is 1. The van der Waals surface area contributed by atoms with Crippen molar-refractivity contribution in [1.29, 1.82) is 0 Å². The number of halogens is 2. The van der Waals surface area contributed by atoms with Crippen molar-refractivity contribution in [3.05, 3.63) is 89.1 Å². The second-order valence-electron chi connectivity index (χ2n) is 6.10. The number of furan rings is 1. The zero-order valence-electron chi connectivity index (χ0n) is 14.7. The Morgan fingerprint density at radius 1 is 0.963 bits per heavy atom. The maximum absolute atomic E-state index is 6.48. The van der Waals surface area contributed by atoms with Gasteiger partial charge in [-0.1, -0.05) is 60.1 Å². The topological polar surface area (TPSA) is 48.4 Å². The highest BCUT2D eigenvalue weighted by Crippen LogP contribution is 2.36. The predicted molar refractivity (Wildman–Crippen MR) is 113 cm³/mol. The maximum atomic E-state index is 6.48. The lowest BCUT2D eigenvalue weighted by Crippen LogP contribution is -2.12. The zero-order chi connectivity index (χ0) is 18.1. The third kappa shape index (κ3) is 3.67. The summed E-state index contributed by atoms with van der Waals surface area (Å²) in [5.41, 5.74) is 10.2. The number of para-hydroxylation sites is 1. The Kier molecular flexibility index (Phi) is 5.76. The summed E-state index contributed by atoms with van der Waals surface area (Å²) in [5.74, 6) is 1.36. The van der Waals surface area contributed by atoms with E-state index in [0.717, 1.165) is 27.7 Å². The molecular weight excluding hydrogens is 381 g/mol. The Bertz CT molecular complexity index is 1060. The number of hydrogen-bond acceptors (Lipinski definition) is 3. The molecule has 1 heterocycles. The lowest BCUT2D eigenvalue weighted by atomic mass is 10.0. The summed E-state index contributed by atoms with van der Waals surface area (Å²) in [7, 11) is 1.62. The van der Waals surface area contributed by atoms with Gasteiger partial charge >= 0.3 is 0 Å². The average molecular weight is 400 g/mol. The quantitative estimate of drug-likeness (QED) is 0.442. The lowest BCUT2D eigenvalue weighted by Gasteiger charge is -2.14. The van der Waals surface area contributed by atoms with Gasteiger partial charge in [0.05, 0.1) is 13.2 Å². The summed E-state index contributed by atoms with van der Waals surface area (Å²) >= 11 is 6.15. The minimum Gasteiger partial charge on any atom is -0.496 e. The molecule has 0 aliphatic rings. The standard InChI is InChI=1S/C22H18ClNO2.ClH/c1-25-19-11-10-16(23)13-18(19)21(24)20-12-15-8-5-9-17(22(15)26-20)14-6-3-2-4-7-14;/h2-13,21H,24H2,1H3;1H. The van der Waals surface area contributed by atoms with E-state index in [0.29, 0.717) is 16.5 Å². The van der Waals surface area contributed by atoms with Crippen molar-refractivity contribution in [3.8, 4) is 16.9 Å². The molecule has 0 saturated carbocycles. The van der Waals surface area contributed by atoms with Crippen molar-refractivity contribution in [3.63, 3.8) is 0 Å². The first kappa shape index (κ1) is 19.3. The van der Waals surface area contributed by atoms with E-state index in [2.05, 4.69) is 18.2 Å². The molecule has 0 spiro atoms. The van der Waals surface area contributed by atoms with Crippen LogP contribution in [0.3, 0.4) is 0 Å². The van der Waals surface area contributed by atoms with Crippen LogP contribution in [0.1, 0.15) is 17.4 Å². The van der Waals surface area contributed by atoms with Gasteiger partial charge in [0.2, 0.25) is 0 Å². The summed E-state index contributed by atoms with van der Waals surface area (Å²) < 4.78 is 11.6. The molecule has 0 bridgehead atoms. The third-order valence-electron chi connectivity index (χ3n) is 4.48. The fraction of sp³-hybridized carbons (Fsp3) is 0.0909. The van der Waals surface area contributed by atoms with E-state index in [1.165, 1.54) is 0 Å². The van der Waals surface area contributed by atoms with Gasteiger partial charge in [0, 0.05) is 21.5 Å². The van der Waals surface area contributed by atoms with Crippen molar-refractivity contribution in [1.82, 2.24) is 0 Å². The molecule has 4 aromatic rings. The van der Waals surface area contributed by atoms with Crippen LogP contribution in [0.15, 0.2) is 77.2 Å². The van der Waals surface area contributed by atoms with Gasteiger partial charge in [-0.25, -0.2) is 0 Å². The van der Waals surface area contributed by atoms with E-state index in [1.54, 1.807) is 13.2 Å². The van der Waals surface area contributed by atoms with Gasteiger partial charge in [-0.15, -0.1) is 12.4 Å². The summed E-state index contributed by atoms with van der Waals surface area (Å²) in [4.78, 5) is 0. The molecule has 1 unspecified atom stereocenters. The van der Waals surface area contributed by atoms with Crippen LogP contribution < -0.4 is 10.5 Å². The van der Waals surface area contributed by atoms with E-state index in [1.807, 2.05) is 48.5 Å². The number of nitrogens with two attached hydrogens (primary N) is 1. The normalized spacial score (nSPS) is 11.8. The molecule has 0 aliphatic heterocycles. The van der Waals surface area contributed by atoms with Crippen LogP contribution in [-0.4, -0.2) is 7.11 Å². The first-order valence-corrected chi connectivity index (χ1v) is 8.72. The van der Waals surface area contributed by atoms with Crippen LogP contribution in [0.25, 0.3) is 22.1 Å². The number of rotatable bonds is 4. The molecule has 0 saturated heterocycles. The minimum absolute atomic E-state index is 0. The van der Waals surface area contributed by atoms with E-state index in [4.69, 9.17) is 26.5 Å². The Labute approximate surface area is 169 Å². The maximum Gasteiger partial charge on any atom is 0.142 e. The van der Waals surface area contributed by atoms with Gasteiger partial charge in [0.15, 0.2) is 0 Å². The molecule has 0 amide bonds. The largest absolute Gasteiger partial charge is 0.496 e. The molecule has 0 radical (unpaired) electrons. The summed E-state index contributed by atoms with van der Waals surface area (Å²) in [6.07, 6.45) is 0. The first-order chi connectivity index (χ1) is 12.7. The number of hydrogen-bond donors (Lipinski definition) is 1. The van der Waals surface area contributed by atoms with E-state index in [9.17, 15) is 0 Å². The molecule has 1 aromatic heterocycles. The SMILES string of the molecule is COc1ccc(Cl)cc1C(N)c1cc2cccc(-c3ccccc3)c2o1.Cl. The first-order valence-electron chi connectivity index (χ1n) is 8.34. The molecule has 0 aliphatic carbocycles. The highest BCUT2D eigenvalue weighted by atomic mass is 35.5. The van der Waals surface area contributed by atoms with Gasteiger partial charge in [0.1, 0.15) is 17.1 Å². The number of fused-ring (bicyclic) bond motifs is 1. The Hall–Kier alpha value is -2.46. The molecule has 3 nitrogen and oxygen atoms in total. The molecular formula is C22H19Cl2NO2. The summed E-state index contributed by atoms with van der Waals surface area (Å²) in [6, 6.07) is 23.2. The van der Waals surface area contributed by atoms with Crippen molar-refractivity contribution in [2.75, 3.05) is 7.11 Å². The third-order valence-corrected chi connectivity index (χ3v) is 4.72. The van der Waals surface area contributed by atoms with Crippen LogP contribution >= 0.6 is 24.0 Å². The minimum atomic E-state index is -0.473. The summed E-state index contributed by atoms with van der Waals surface area (Å²) in [6.45, 7) is 0. The Morgan fingerprint density at radius 2 is 1.74 bits per heavy atom. The summed E-state index contributed by atoms with van der Waals surface area (Å²) in [5, 5.41) is 1.62.